The Morgan fingerprint density at radius 3 is 2.54 bits per heavy atom. The molecule has 0 radical (unpaired) electrons. The Bertz CT molecular complexity index is 803. The number of Topliss-reactive ketones (excluding diaryl/α,β-unsaturated/α-hetero) is 3. The Hall–Kier alpha value is -1.71. The van der Waals surface area contributed by atoms with Crippen LogP contribution in [0.15, 0.2) is 10.7 Å². The van der Waals surface area contributed by atoms with Gasteiger partial charge in [-0.3, -0.25) is 14.4 Å². The van der Waals surface area contributed by atoms with Gasteiger partial charge in [0.2, 0.25) is 5.78 Å². The van der Waals surface area contributed by atoms with Crippen LogP contribution in [-0.2, 0) is 10.2 Å². The molecule has 1 unspecified atom stereocenters. The van der Waals surface area contributed by atoms with Crippen LogP contribution < -0.4 is 0 Å². The van der Waals surface area contributed by atoms with Crippen molar-refractivity contribution in [2.24, 2.45) is 23.2 Å². The van der Waals surface area contributed by atoms with Crippen molar-refractivity contribution in [1.29, 1.82) is 0 Å². The molecule has 4 heteroatoms. The second-order valence-electron chi connectivity index (χ2n) is 8.72. The van der Waals surface area contributed by atoms with Crippen molar-refractivity contribution in [2.75, 3.05) is 0 Å². The lowest BCUT2D eigenvalue weighted by atomic mass is 9.47. The molecule has 126 valence electrons. The van der Waals surface area contributed by atoms with Gasteiger partial charge in [0.1, 0.15) is 12.0 Å². The molecule has 24 heavy (non-hydrogen) atoms. The summed E-state index contributed by atoms with van der Waals surface area (Å²) < 4.78 is 5.64. The van der Waals surface area contributed by atoms with Crippen LogP contribution in [0.4, 0.5) is 0 Å². The fraction of sp³-hybridized carbons (Fsp3) is 0.650. The molecule has 5 atom stereocenters. The third-order valence-electron chi connectivity index (χ3n) is 7.86. The van der Waals surface area contributed by atoms with Gasteiger partial charge in [0.25, 0.3) is 0 Å². The molecule has 1 aromatic rings. The summed E-state index contributed by atoms with van der Waals surface area (Å²) in [6.45, 7) is 4.27. The molecule has 1 heterocycles. The van der Waals surface area contributed by atoms with E-state index in [-0.39, 0.29) is 40.2 Å². The lowest BCUT2D eigenvalue weighted by molar-refractivity contribution is -0.130. The minimum Gasteiger partial charge on any atom is -0.460 e. The monoisotopic (exact) mass is 326 g/mol. The molecule has 2 saturated carbocycles. The molecule has 0 saturated heterocycles. The molecule has 0 bridgehead atoms. The van der Waals surface area contributed by atoms with Gasteiger partial charge < -0.3 is 4.42 Å². The van der Waals surface area contributed by atoms with E-state index in [1.807, 2.05) is 0 Å². The number of fused-ring (bicyclic) bond motifs is 4. The van der Waals surface area contributed by atoms with Crippen molar-refractivity contribution in [2.45, 2.75) is 57.8 Å². The van der Waals surface area contributed by atoms with Gasteiger partial charge in [0.15, 0.2) is 11.5 Å². The number of carbonyl (C=O) groups is 3. The van der Waals surface area contributed by atoms with Gasteiger partial charge in [-0.15, -0.1) is 0 Å². The van der Waals surface area contributed by atoms with E-state index >= 15 is 0 Å². The molecular formula is C20H22O4. The third kappa shape index (κ3) is 1.44. The van der Waals surface area contributed by atoms with Crippen molar-refractivity contribution in [3.05, 3.63) is 23.2 Å². The molecule has 4 aliphatic rings. The van der Waals surface area contributed by atoms with E-state index in [4.69, 9.17) is 4.42 Å². The quantitative estimate of drug-likeness (QED) is 0.729. The summed E-state index contributed by atoms with van der Waals surface area (Å²) in [4.78, 5) is 38.0. The first kappa shape index (κ1) is 14.6. The molecule has 0 N–H and O–H groups in total. The average molecular weight is 326 g/mol. The lowest BCUT2D eigenvalue weighted by Crippen LogP contribution is -2.55. The van der Waals surface area contributed by atoms with Crippen molar-refractivity contribution in [3.63, 3.8) is 0 Å². The Kier molecular flexibility index (Phi) is 2.60. The summed E-state index contributed by atoms with van der Waals surface area (Å²) in [7, 11) is 0. The van der Waals surface area contributed by atoms with E-state index in [9.17, 15) is 14.4 Å². The van der Waals surface area contributed by atoms with E-state index in [1.165, 1.54) is 6.26 Å². The Morgan fingerprint density at radius 1 is 1.00 bits per heavy atom. The standard InChI is InChI=1S/C20H22O4/c1-19-7-5-12-15(11(19)3-4-14(19)22)17(23)18-16-10(9-24-18)13(21)6-8-20(12,16)2/h9,11-12,15H,3-8H2,1-2H3/t11-,12-,15?,19-,20+/m0/s1. The maximum atomic E-state index is 13.3. The van der Waals surface area contributed by atoms with Crippen molar-refractivity contribution < 1.29 is 18.8 Å². The predicted molar refractivity (Wildman–Crippen MR) is 86.0 cm³/mol. The number of hydrogen-bond donors (Lipinski definition) is 0. The first-order chi connectivity index (χ1) is 11.4. The van der Waals surface area contributed by atoms with E-state index in [1.54, 1.807) is 0 Å². The van der Waals surface area contributed by atoms with Gasteiger partial charge in [-0.25, -0.2) is 0 Å². The van der Waals surface area contributed by atoms with Gasteiger partial charge in [0, 0.05) is 35.2 Å². The average Bonchev–Trinajstić information content (AvgIpc) is 3.13. The van der Waals surface area contributed by atoms with E-state index < -0.39 is 0 Å². The number of ketones is 3. The zero-order valence-electron chi connectivity index (χ0n) is 14.2. The summed E-state index contributed by atoms with van der Waals surface area (Å²) in [5, 5.41) is 0. The Labute approximate surface area is 141 Å². The van der Waals surface area contributed by atoms with Gasteiger partial charge >= 0.3 is 0 Å². The van der Waals surface area contributed by atoms with Gasteiger partial charge in [-0.2, -0.15) is 0 Å². The second kappa shape index (κ2) is 4.27. The summed E-state index contributed by atoms with van der Waals surface area (Å²) in [5.74, 6) is 1.11. The van der Waals surface area contributed by atoms with Gasteiger partial charge in [0.05, 0.1) is 5.56 Å². The van der Waals surface area contributed by atoms with Crippen molar-refractivity contribution in [1.82, 2.24) is 0 Å². The first-order valence-corrected chi connectivity index (χ1v) is 9.10. The molecule has 1 aromatic heterocycles. The highest BCUT2D eigenvalue weighted by Gasteiger charge is 2.63. The SMILES string of the molecule is C[C@]12CCC(=O)c3coc(c31)C(=O)C1[C@@H]2CC[C@]2(C)C(=O)CC[C@@H]12. The van der Waals surface area contributed by atoms with Gasteiger partial charge in [-0.1, -0.05) is 13.8 Å². The minimum absolute atomic E-state index is 0.0408. The Morgan fingerprint density at radius 2 is 1.75 bits per heavy atom. The van der Waals surface area contributed by atoms with Crippen LogP contribution in [-0.4, -0.2) is 17.3 Å². The normalized spacial score (nSPS) is 43.4. The first-order valence-electron chi connectivity index (χ1n) is 9.10. The number of furan rings is 1. The molecule has 0 aliphatic heterocycles. The Balaban J connectivity index is 1.71. The topological polar surface area (TPSA) is 64.3 Å². The van der Waals surface area contributed by atoms with Crippen LogP contribution in [0.25, 0.3) is 0 Å². The van der Waals surface area contributed by atoms with E-state index in [0.29, 0.717) is 29.9 Å². The molecule has 2 fully saturated rings. The van der Waals surface area contributed by atoms with Crippen LogP contribution in [0.5, 0.6) is 0 Å². The second-order valence-corrected chi connectivity index (χ2v) is 8.72. The van der Waals surface area contributed by atoms with Crippen molar-refractivity contribution in [3.8, 4) is 0 Å². The summed E-state index contributed by atoms with van der Waals surface area (Å²) in [6.07, 6.45) is 6.00. The summed E-state index contributed by atoms with van der Waals surface area (Å²) >= 11 is 0. The third-order valence-corrected chi connectivity index (χ3v) is 7.86. The molecule has 0 amide bonds. The largest absolute Gasteiger partial charge is 0.460 e. The van der Waals surface area contributed by atoms with Crippen LogP contribution in [0.2, 0.25) is 0 Å². The fourth-order valence-electron chi connectivity index (χ4n) is 6.46. The number of hydrogen-bond acceptors (Lipinski definition) is 4. The number of carbonyl (C=O) groups excluding carboxylic acids is 3. The smallest absolute Gasteiger partial charge is 0.202 e. The number of rotatable bonds is 0. The highest BCUT2D eigenvalue weighted by molar-refractivity contribution is 6.06. The molecular weight excluding hydrogens is 304 g/mol. The maximum absolute atomic E-state index is 13.3. The summed E-state index contributed by atoms with van der Waals surface area (Å²) in [6, 6.07) is 0. The lowest BCUT2D eigenvalue weighted by Gasteiger charge is -2.54. The van der Waals surface area contributed by atoms with Crippen LogP contribution in [0.1, 0.15) is 78.8 Å². The van der Waals surface area contributed by atoms with E-state index in [2.05, 4.69) is 13.8 Å². The molecule has 4 nitrogen and oxygen atoms in total. The van der Waals surface area contributed by atoms with Crippen LogP contribution in [0, 0.1) is 23.2 Å². The van der Waals surface area contributed by atoms with Crippen LogP contribution >= 0.6 is 0 Å². The maximum Gasteiger partial charge on any atom is 0.202 e. The minimum atomic E-state index is -0.343. The molecule has 4 aliphatic carbocycles. The highest BCUT2D eigenvalue weighted by Crippen LogP contribution is 2.63. The molecule has 0 aromatic carbocycles. The predicted octanol–water partition coefficient (Wildman–Crippen LogP) is 3.72. The fourth-order valence-corrected chi connectivity index (χ4v) is 6.46. The zero-order valence-corrected chi connectivity index (χ0v) is 14.2. The zero-order chi connectivity index (χ0) is 16.9. The van der Waals surface area contributed by atoms with Gasteiger partial charge in [-0.05, 0) is 37.5 Å². The van der Waals surface area contributed by atoms with Crippen molar-refractivity contribution >= 4 is 17.3 Å². The van der Waals surface area contributed by atoms with E-state index in [0.717, 1.165) is 31.2 Å². The molecule has 5 rings (SSSR count). The highest BCUT2D eigenvalue weighted by atomic mass is 16.3. The van der Waals surface area contributed by atoms with Crippen LogP contribution in [0.3, 0.4) is 0 Å². The summed E-state index contributed by atoms with van der Waals surface area (Å²) in [5.41, 5.74) is 0.987. The molecule has 0 spiro atoms.